The topological polar surface area (TPSA) is 43.1 Å². The highest BCUT2D eigenvalue weighted by molar-refractivity contribution is 5.65. The van der Waals surface area contributed by atoms with Crippen LogP contribution >= 0.6 is 0 Å². The van der Waals surface area contributed by atoms with E-state index in [1.807, 2.05) is 0 Å². The van der Waals surface area contributed by atoms with E-state index in [4.69, 9.17) is 5.73 Å². The van der Waals surface area contributed by atoms with Crippen molar-refractivity contribution in [2.24, 2.45) is 5.73 Å². The highest BCUT2D eigenvalue weighted by atomic mass is 16.1. The van der Waals surface area contributed by atoms with E-state index in [9.17, 15) is 4.79 Å². The number of nitrogens with two attached hydrogens (primary N) is 1. The van der Waals surface area contributed by atoms with Crippen LogP contribution in [0.1, 0.15) is 19.3 Å². The Bertz CT molecular complexity index is 86.1. The Morgan fingerprint density at radius 2 is 2.14 bits per heavy atom. The largest absolute Gasteiger partial charge is 0.319 e. The molecule has 2 heteroatoms. The molecule has 1 aliphatic carbocycles. The summed E-state index contributed by atoms with van der Waals surface area (Å²) in [5.74, 6) is 0. The van der Waals surface area contributed by atoms with Crippen molar-refractivity contribution in [3.63, 3.8) is 0 Å². The minimum atomic E-state index is -0.542. The van der Waals surface area contributed by atoms with Gasteiger partial charge in [-0.2, -0.15) is 0 Å². The molecular formula is C5H8NO. The fourth-order valence-corrected chi connectivity index (χ4v) is 0.660. The lowest BCUT2D eigenvalue weighted by molar-refractivity contribution is 0.326. The fourth-order valence-electron chi connectivity index (χ4n) is 0.660. The third kappa shape index (κ3) is 0.657. The lowest BCUT2D eigenvalue weighted by atomic mass is 9.79. The number of hydrogen-bond donors (Lipinski definition) is 1. The molecule has 1 radical (unpaired) electrons. The lowest BCUT2D eigenvalue weighted by Crippen LogP contribution is -2.47. The number of rotatable bonds is 1. The summed E-state index contributed by atoms with van der Waals surface area (Å²) >= 11 is 0. The van der Waals surface area contributed by atoms with Crippen molar-refractivity contribution in [2.45, 2.75) is 24.8 Å². The van der Waals surface area contributed by atoms with Crippen molar-refractivity contribution >= 4 is 6.29 Å². The highest BCUT2D eigenvalue weighted by Gasteiger charge is 2.32. The van der Waals surface area contributed by atoms with E-state index < -0.39 is 5.54 Å². The van der Waals surface area contributed by atoms with Gasteiger partial charge in [-0.15, -0.1) is 0 Å². The van der Waals surface area contributed by atoms with Crippen LogP contribution in [0.3, 0.4) is 0 Å². The first kappa shape index (κ1) is 4.78. The minimum absolute atomic E-state index is 0.542. The highest BCUT2D eigenvalue weighted by Crippen LogP contribution is 2.26. The maximum atomic E-state index is 9.86. The average molecular weight is 98.1 g/mol. The Morgan fingerprint density at radius 1 is 1.57 bits per heavy atom. The van der Waals surface area contributed by atoms with Crippen LogP contribution in [0.2, 0.25) is 0 Å². The molecule has 0 amide bonds. The molecule has 0 aromatic carbocycles. The molecule has 1 rings (SSSR count). The van der Waals surface area contributed by atoms with Gasteiger partial charge >= 0.3 is 0 Å². The molecule has 39 valence electrons. The third-order valence-corrected chi connectivity index (χ3v) is 1.45. The van der Waals surface area contributed by atoms with Crippen molar-refractivity contribution in [1.29, 1.82) is 0 Å². The van der Waals surface area contributed by atoms with E-state index in [1.54, 1.807) is 6.29 Å². The van der Waals surface area contributed by atoms with Crippen molar-refractivity contribution in [1.82, 2.24) is 0 Å². The van der Waals surface area contributed by atoms with Crippen LogP contribution < -0.4 is 5.73 Å². The second kappa shape index (κ2) is 1.30. The SMILES string of the molecule is NC1([C]=O)CCC1. The Hall–Kier alpha value is -0.370. The first-order chi connectivity index (χ1) is 3.27. The second-order valence-corrected chi connectivity index (χ2v) is 2.11. The van der Waals surface area contributed by atoms with Crippen LogP contribution in [-0.4, -0.2) is 11.8 Å². The molecule has 1 fully saturated rings. The van der Waals surface area contributed by atoms with E-state index in [2.05, 4.69) is 0 Å². The van der Waals surface area contributed by atoms with Gasteiger partial charge in [-0.05, 0) is 19.3 Å². The van der Waals surface area contributed by atoms with E-state index in [0.717, 1.165) is 19.3 Å². The van der Waals surface area contributed by atoms with E-state index >= 15 is 0 Å². The molecule has 0 heterocycles. The van der Waals surface area contributed by atoms with Gasteiger partial charge < -0.3 is 5.73 Å². The molecule has 2 nitrogen and oxygen atoms in total. The zero-order valence-corrected chi connectivity index (χ0v) is 4.11. The van der Waals surface area contributed by atoms with E-state index in [-0.39, 0.29) is 0 Å². The Kier molecular flexibility index (Phi) is 0.889. The molecule has 1 aliphatic rings. The predicted molar refractivity (Wildman–Crippen MR) is 26.5 cm³/mol. The maximum absolute atomic E-state index is 9.86. The molecule has 0 unspecified atom stereocenters. The summed E-state index contributed by atoms with van der Waals surface area (Å²) in [6.07, 6.45) is 4.55. The molecule has 1 saturated carbocycles. The van der Waals surface area contributed by atoms with Gasteiger partial charge in [0.1, 0.15) is 0 Å². The van der Waals surface area contributed by atoms with Crippen molar-refractivity contribution in [3.05, 3.63) is 0 Å². The predicted octanol–water partition coefficient (Wildman–Crippen LogP) is -0.0225. The fraction of sp³-hybridized carbons (Fsp3) is 0.800. The smallest absolute Gasteiger partial charge is 0.220 e. The van der Waals surface area contributed by atoms with Gasteiger partial charge in [0.25, 0.3) is 0 Å². The van der Waals surface area contributed by atoms with Crippen molar-refractivity contribution in [3.8, 4) is 0 Å². The summed E-state index contributed by atoms with van der Waals surface area (Å²) in [5, 5.41) is 0. The standard InChI is InChI=1S/C5H8NO/c6-5(4-7)2-1-3-5/h1-3,6H2. The maximum Gasteiger partial charge on any atom is 0.220 e. The first-order valence-electron chi connectivity index (χ1n) is 2.45. The van der Waals surface area contributed by atoms with Crippen LogP contribution in [0, 0.1) is 0 Å². The van der Waals surface area contributed by atoms with Crippen molar-refractivity contribution in [2.75, 3.05) is 0 Å². The molecule has 7 heavy (non-hydrogen) atoms. The molecule has 0 atom stereocenters. The van der Waals surface area contributed by atoms with Crippen LogP contribution in [-0.2, 0) is 4.79 Å². The molecule has 0 aliphatic heterocycles. The lowest BCUT2D eigenvalue weighted by Gasteiger charge is -2.30. The summed E-state index contributed by atoms with van der Waals surface area (Å²) < 4.78 is 0. The Morgan fingerprint density at radius 3 is 2.14 bits per heavy atom. The van der Waals surface area contributed by atoms with Gasteiger partial charge in [0.05, 0.1) is 5.54 Å². The van der Waals surface area contributed by atoms with Gasteiger partial charge in [0.2, 0.25) is 6.29 Å². The van der Waals surface area contributed by atoms with Gasteiger partial charge in [-0.1, -0.05) is 0 Å². The van der Waals surface area contributed by atoms with Crippen LogP contribution in [0.4, 0.5) is 0 Å². The summed E-state index contributed by atoms with van der Waals surface area (Å²) in [4.78, 5) is 9.86. The number of hydrogen-bond acceptors (Lipinski definition) is 2. The van der Waals surface area contributed by atoms with Gasteiger partial charge in [0, 0.05) is 0 Å². The summed E-state index contributed by atoms with van der Waals surface area (Å²) in [7, 11) is 0. The normalized spacial score (nSPS) is 25.9. The van der Waals surface area contributed by atoms with Gasteiger partial charge in [0.15, 0.2) is 0 Å². The molecule has 0 saturated heterocycles. The molecule has 0 spiro atoms. The second-order valence-electron chi connectivity index (χ2n) is 2.11. The zero-order valence-electron chi connectivity index (χ0n) is 4.11. The van der Waals surface area contributed by atoms with Crippen LogP contribution in [0.25, 0.3) is 0 Å². The minimum Gasteiger partial charge on any atom is -0.319 e. The molecular weight excluding hydrogens is 90.1 g/mol. The summed E-state index contributed by atoms with van der Waals surface area (Å²) in [5.41, 5.74) is 4.84. The number of carbonyl (C=O) groups excluding carboxylic acids is 1. The Balaban J connectivity index is 2.43. The summed E-state index contributed by atoms with van der Waals surface area (Å²) in [6.45, 7) is 0. The monoisotopic (exact) mass is 98.1 g/mol. The van der Waals surface area contributed by atoms with E-state index in [1.165, 1.54) is 0 Å². The third-order valence-electron chi connectivity index (χ3n) is 1.45. The van der Waals surface area contributed by atoms with Gasteiger partial charge in [-0.25, -0.2) is 0 Å². The molecule has 0 aromatic heterocycles. The first-order valence-corrected chi connectivity index (χ1v) is 2.45. The zero-order chi connectivity index (χ0) is 5.33. The average Bonchev–Trinajstić information content (AvgIpc) is 1.61. The van der Waals surface area contributed by atoms with Crippen LogP contribution in [0.15, 0.2) is 0 Å². The van der Waals surface area contributed by atoms with Crippen molar-refractivity contribution < 1.29 is 4.79 Å². The molecule has 0 aromatic rings. The van der Waals surface area contributed by atoms with Crippen LogP contribution in [0.5, 0.6) is 0 Å². The summed E-state index contributed by atoms with van der Waals surface area (Å²) in [6, 6.07) is 0. The molecule has 2 N–H and O–H groups in total. The quantitative estimate of drug-likeness (QED) is 0.500. The molecule has 0 bridgehead atoms. The van der Waals surface area contributed by atoms with E-state index in [0.29, 0.717) is 0 Å². The van der Waals surface area contributed by atoms with Gasteiger partial charge in [-0.3, -0.25) is 4.79 Å². The Labute approximate surface area is 42.7 Å².